The zero-order valence-electron chi connectivity index (χ0n) is 15.5. The van der Waals surface area contributed by atoms with Gasteiger partial charge in [0.1, 0.15) is 18.2 Å². The number of hydrogen-bond donors (Lipinski definition) is 1. The Morgan fingerprint density at radius 2 is 2.00 bits per heavy atom. The molecule has 0 bridgehead atoms. The maximum Gasteiger partial charge on any atom is 0.230 e. The third-order valence-corrected chi connectivity index (χ3v) is 5.56. The minimum absolute atomic E-state index is 0.0432. The number of carbonyl (C=O) groups excluding carboxylic acids is 1. The van der Waals surface area contributed by atoms with Crippen LogP contribution in [-0.2, 0) is 17.9 Å². The van der Waals surface area contributed by atoms with E-state index in [9.17, 15) is 9.18 Å². The number of thioether (sulfide) groups is 1. The minimum Gasteiger partial charge on any atom is -0.486 e. The van der Waals surface area contributed by atoms with Crippen molar-refractivity contribution in [3.05, 3.63) is 35.9 Å². The number of halogens is 1. The van der Waals surface area contributed by atoms with E-state index in [1.807, 2.05) is 11.5 Å². The van der Waals surface area contributed by atoms with Gasteiger partial charge in [0, 0.05) is 12.6 Å². The molecule has 1 aliphatic rings. The molecule has 1 heterocycles. The Kier molecular flexibility index (Phi) is 7.09. The van der Waals surface area contributed by atoms with Crippen molar-refractivity contribution in [2.75, 3.05) is 5.75 Å². The Morgan fingerprint density at radius 1 is 1.26 bits per heavy atom. The highest BCUT2D eigenvalue weighted by Gasteiger charge is 2.17. The van der Waals surface area contributed by atoms with Crippen LogP contribution in [0.1, 0.15) is 44.9 Å². The highest BCUT2D eigenvalue weighted by molar-refractivity contribution is 7.99. The summed E-state index contributed by atoms with van der Waals surface area (Å²) in [5.74, 6) is 1.32. The summed E-state index contributed by atoms with van der Waals surface area (Å²) in [4.78, 5) is 12.2. The summed E-state index contributed by atoms with van der Waals surface area (Å²) in [6, 6.07) is 6.18. The second-order valence-corrected chi connectivity index (χ2v) is 7.52. The average Bonchev–Trinajstić information content (AvgIpc) is 3.08. The van der Waals surface area contributed by atoms with E-state index in [1.165, 1.54) is 43.2 Å². The zero-order chi connectivity index (χ0) is 19.1. The molecule has 0 unspecified atom stereocenters. The topological polar surface area (TPSA) is 69.0 Å². The molecule has 1 aromatic heterocycles. The van der Waals surface area contributed by atoms with Gasteiger partial charge in [0.15, 0.2) is 11.0 Å². The van der Waals surface area contributed by atoms with E-state index in [0.29, 0.717) is 35.1 Å². The highest BCUT2D eigenvalue weighted by Crippen LogP contribution is 2.20. The van der Waals surface area contributed by atoms with Crippen molar-refractivity contribution >= 4 is 17.7 Å². The highest BCUT2D eigenvalue weighted by atomic mass is 32.2. The number of hydrogen-bond acceptors (Lipinski definition) is 5. The number of aromatic nitrogens is 3. The summed E-state index contributed by atoms with van der Waals surface area (Å²) >= 11 is 1.38. The second kappa shape index (κ2) is 9.73. The Hall–Kier alpha value is -2.09. The summed E-state index contributed by atoms with van der Waals surface area (Å²) < 4.78 is 20.5. The maximum absolute atomic E-state index is 13.0. The lowest BCUT2D eigenvalue weighted by Crippen LogP contribution is -2.37. The molecule has 8 heteroatoms. The van der Waals surface area contributed by atoms with Gasteiger partial charge in [-0.2, -0.15) is 0 Å². The Morgan fingerprint density at radius 3 is 2.70 bits per heavy atom. The summed E-state index contributed by atoms with van der Waals surface area (Å²) in [6.07, 6.45) is 5.81. The second-order valence-electron chi connectivity index (χ2n) is 6.58. The van der Waals surface area contributed by atoms with Crippen molar-refractivity contribution in [1.29, 1.82) is 0 Å². The van der Waals surface area contributed by atoms with Crippen LogP contribution in [0.25, 0.3) is 0 Å². The smallest absolute Gasteiger partial charge is 0.230 e. The van der Waals surface area contributed by atoms with Crippen LogP contribution in [0.15, 0.2) is 29.4 Å². The molecular formula is C19H25FN4O2S. The third kappa shape index (κ3) is 5.69. The molecule has 0 aliphatic heterocycles. The molecular weight excluding hydrogens is 367 g/mol. The van der Waals surface area contributed by atoms with Gasteiger partial charge in [-0.05, 0) is 44.0 Å². The first kappa shape index (κ1) is 19.7. The van der Waals surface area contributed by atoms with Gasteiger partial charge in [0.2, 0.25) is 5.91 Å². The van der Waals surface area contributed by atoms with Crippen LogP contribution < -0.4 is 10.1 Å². The molecule has 27 heavy (non-hydrogen) atoms. The molecule has 0 atom stereocenters. The molecule has 0 radical (unpaired) electrons. The van der Waals surface area contributed by atoms with Gasteiger partial charge in [-0.25, -0.2) is 4.39 Å². The van der Waals surface area contributed by atoms with Crippen molar-refractivity contribution in [2.45, 2.75) is 63.4 Å². The Bertz CT molecular complexity index is 745. The van der Waals surface area contributed by atoms with Crippen LogP contribution in [0.4, 0.5) is 4.39 Å². The number of carbonyl (C=O) groups is 1. The summed E-state index contributed by atoms with van der Waals surface area (Å²) in [5.41, 5.74) is 0. The first-order valence-electron chi connectivity index (χ1n) is 9.38. The number of benzene rings is 1. The molecule has 1 amide bonds. The summed E-state index contributed by atoms with van der Waals surface area (Å²) in [7, 11) is 0. The molecule has 3 rings (SSSR count). The Balaban J connectivity index is 1.51. The number of amides is 1. The minimum atomic E-state index is -0.302. The molecule has 1 aliphatic carbocycles. The lowest BCUT2D eigenvalue weighted by Gasteiger charge is -2.22. The molecule has 0 saturated heterocycles. The van der Waals surface area contributed by atoms with E-state index in [2.05, 4.69) is 15.5 Å². The normalized spacial score (nSPS) is 14.9. The summed E-state index contributed by atoms with van der Waals surface area (Å²) in [6.45, 7) is 2.92. The fraction of sp³-hybridized carbons (Fsp3) is 0.526. The van der Waals surface area contributed by atoms with Crippen molar-refractivity contribution in [3.8, 4) is 5.75 Å². The van der Waals surface area contributed by atoms with E-state index < -0.39 is 0 Å². The van der Waals surface area contributed by atoms with Gasteiger partial charge < -0.3 is 14.6 Å². The van der Waals surface area contributed by atoms with Crippen LogP contribution >= 0.6 is 11.8 Å². The first-order valence-corrected chi connectivity index (χ1v) is 10.4. The number of nitrogens with zero attached hydrogens (tertiary/aromatic N) is 3. The predicted octanol–water partition coefficient (Wildman–Crippen LogP) is 3.56. The van der Waals surface area contributed by atoms with Gasteiger partial charge >= 0.3 is 0 Å². The predicted molar refractivity (Wildman–Crippen MR) is 102 cm³/mol. The van der Waals surface area contributed by atoms with Gasteiger partial charge in [-0.1, -0.05) is 31.0 Å². The summed E-state index contributed by atoms with van der Waals surface area (Å²) in [5, 5.41) is 12.2. The standard InChI is InChI=1S/C19H25FN4O2S/c1-2-24-17(12-26-16-10-8-14(20)9-11-16)22-23-19(24)27-13-18(25)21-15-6-4-3-5-7-15/h8-11,15H,2-7,12-13H2,1H3,(H,21,25). The average molecular weight is 393 g/mol. The molecule has 6 nitrogen and oxygen atoms in total. The van der Waals surface area contributed by atoms with Crippen LogP contribution in [0.3, 0.4) is 0 Å². The molecule has 1 aromatic carbocycles. The fourth-order valence-corrected chi connectivity index (χ4v) is 4.01. The number of rotatable bonds is 8. The first-order chi connectivity index (χ1) is 13.2. The molecule has 0 spiro atoms. The lowest BCUT2D eigenvalue weighted by atomic mass is 9.95. The molecule has 1 fully saturated rings. The number of ether oxygens (including phenoxy) is 1. The van der Waals surface area contributed by atoms with Crippen LogP contribution in [0.5, 0.6) is 5.75 Å². The fourth-order valence-electron chi connectivity index (χ4n) is 3.18. The van der Waals surface area contributed by atoms with E-state index in [4.69, 9.17) is 4.74 Å². The number of nitrogens with one attached hydrogen (secondary N) is 1. The molecule has 146 valence electrons. The van der Waals surface area contributed by atoms with Crippen molar-refractivity contribution in [2.24, 2.45) is 0 Å². The van der Waals surface area contributed by atoms with Crippen LogP contribution in [0.2, 0.25) is 0 Å². The molecule has 1 saturated carbocycles. The zero-order valence-corrected chi connectivity index (χ0v) is 16.3. The van der Waals surface area contributed by atoms with Gasteiger partial charge in [0.25, 0.3) is 0 Å². The largest absolute Gasteiger partial charge is 0.486 e. The van der Waals surface area contributed by atoms with Crippen LogP contribution in [0, 0.1) is 5.82 Å². The van der Waals surface area contributed by atoms with Crippen molar-refractivity contribution in [3.63, 3.8) is 0 Å². The maximum atomic E-state index is 13.0. The Labute approximate surface area is 162 Å². The third-order valence-electron chi connectivity index (χ3n) is 4.59. The van der Waals surface area contributed by atoms with Crippen molar-refractivity contribution in [1.82, 2.24) is 20.1 Å². The molecule has 1 N–H and O–H groups in total. The van der Waals surface area contributed by atoms with Crippen molar-refractivity contribution < 1.29 is 13.9 Å². The SMILES string of the molecule is CCn1c(COc2ccc(F)cc2)nnc1SCC(=O)NC1CCCCC1. The van der Waals surface area contributed by atoms with Crippen LogP contribution in [-0.4, -0.2) is 32.5 Å². The van der Waals surface area contributed by atoms with E-state index in [1.54, 1.807) is 12.1 Å². The van der Waals surface area contributed by atoms with E-state index in [-0.39, 0.29) is 18.3 Å². The van der Waals surface area contributed by atoms with E-state index >= 15 is 0 Å². The quantitative estimate of drug-likeness (QED) is 0.696. The lowest BCUT2D eigenvalue weighted by molar-refractivity contribution is -0.119. The van der Waals surface area contributed by atoms with Gasteiger partial charge in [0.05, 0.1) is 5.75 Å². The van der Waals surface area contributed by atoms with Gasteiger partial charge in [-0.15, -0.1) is 10.2 Å². The molecule has 2 aromatic rings. The van der Waals surface area contributed by atoms with E-state index in [0.717, 1.165) is 12.8 Å². The monoisotopic (exact) mass is 392 g/mol. The van der Waals surface area contributed by atoms with Gasteiger partial charge in [-0.3, -0.25) is 4.79 Å².